The molecule has 0 aliphatic heterocycles. The highest BCUT2D eigenvalue weighted by Gasteiger charge is 2.04. The second-order valence-corrected chi connectivity index (χ2v) is 3.41. The van der Waals surface area contributed by atoms with Crippen LogP contribution in [-0.2, 0) is 0 Å². The number of hydrogen-bond donors (Lipinski definition) is 1. The number of ether oxygens (including phenoxy) is 1. The Balaban J connectivity index is 2.86. The zero-order chi connectivity index (χ0) is 9.84. The van der Waals surface area contributed by atoms with Gasteiger partial charge in [-0.3, -0.25) is 5.43 Å². The molecule has 0 radical (unpaired) electrons. The molecule has 0 saturated carbocycles. The smallest absolute Gasteiger partial charge is 0.240 e. The van der Waals surface area contributed by atoms with Crippen LogP contribution in [0.4, 0.5) is 5.95 Å². The summed E-state index contributed by atoms with van der Waals surface area (Å²) < 4.78 is 5.75. The predicted octanol–water partition coefficient (Wildman–Crippen LogP) is 1.14. The predicted molar refractivity (Wildman–Crippen MR) is 53.6 cm³/mol. The third kappa shape index (κ3) is 2.82. The highest BCUT2D eigenvalue weighted by atomic mass is 79.9. The van der Waals surface area contributed by atoms with Crippen molar-refractivity contribution in [2.75, 3.05) is 26.6 Å². The summed E-state index contributed by atoms with van der Waals surface area (Å²) in [7, 11) is 5.28. The maximum absolute atomic E-state index is 5.01. The minimum atomic E-state index is 0.505. The van der Waals surface area contributed by atoms with E-state index in [-0.39, 0.29) is 0 Å². The lowest BCUT2D eigenvalue weighted by Gasteiger charge is -2.12. The second kappa shape index (κ2) is 4.38. The Morgan fingerprint density at radius 2 is 2.23 bits per heavy atom. The van der Waals surface area contributed by atoms with Crippen molar-refractivity contribution in [1.29, 1.82) is 0 Å². The fourth-order valence-electron chi connectivity index (χ4n) is 0.749. The monoisotopic (exact) mass is 246 g/mol. The molecule has 0 bridgehead atoms. The van der Waals surface area contributed by atoms with Crippen molar-refractivity contribution >= 4 is 21.9 Å². The molecule has 0 amide bonds. The molecular weight excluding hydrogens is 236 g/mol. The van der Waals surface area contributed by atoms with Gasteiger partial charge in [0.15, 0.2) is 0 Å². The quantitative estimate of drug-likeness (QED) is 0.811. The topological polar surface area (TPSA) is 50.3 Å². The number of hydrazine groups is 1. The first-order valence-corrected chi connectivity index (χ1v) is 4.43. The number of hydrogen-bond acceptors (Lipinski definition) is 5. The van der Waals surface area contributed by atoms with Crippen LogP contribution in [-0.4, -0.2) is 36.2 Å². The molecule has 0 saturated heterocycles. The van der Waals surface area contributed by atoms with Crippen LogP contribution in [0.5, 0.6) is 5.88 Å². The molecule has 0 atom stereocenters. The van der Waals surface area contributed by atoms with Crippen molar-refractivity contribution in [2.45, 2.75) is 0 Å². The number of nitrogens with zero attached hydrogens (tertiary/aromatic N) is 3. The maximum Gasteiger partial charge on any atom is 0.240 e. The summed E-state index contributed by atoms with van der Waals surface area (Å²) in [6.07, 6.45) is 1.64. The van der Waals surface area contributed by atoms with Gasteiger partial charge >= 0.3 is 0 Å². The summed E-state index contributed by atoms with van der Waals surface area (Å²) in [5.74, 6) is 1.02. The zero-order valence-electron chi connectivity index (χ0n) is 7.71. The standard InChI is InChI=1S/C7H11BrN4O/c1-12(2)11-7-9-4-5(8)6(10-7)13-3/h4H,1-3H3,(H,9,10,11). The van der Waals surface area contributed by atoms with Crippen molar-refractivity contribution in [3.05, 3.63) is 10.7 Å². The minimum absolute atomic E-state index is 0.505. The van der Waals surface area contributed by atoms with Crippen LogP contribution < -0.4 is 10.2 Å². The molecule has 13 heavy (non-hydrogen) atoms. The average molecular weight is 247 g/mol. The van der Waals surface area contributed by atoms with E-state index in [4.69, 9.17) is 4.74 Å². The summed E-state index contributed by atoms with van der Waals surface area (Å²) in [5, 5.41) is 1.75. The Hall–Kier alpha value is -0.880. The molecule has 0 fully saturated rings. The first-order chi connectivity index (χ1) is 6.13. The highest BCUT2D eigenvalue weighted by Crippen LogP contribution is 2.21. The van der Waals surface area contributed by atoms with E-state index in [1.807, 2.05) is 14.1 Å². The third-order valence-corrected chi connectivity index (χ3v) is 1.77. The largest absolute Gasteiger partial charge is 0.480 e. The Morgan fingerprint density at radius 3 is 2.77 bits per heavy atom. The fourth-order valence-corrected chi connectivity index (χ4v) is 1.10. The van der Waals surface area contributed by atoms with Gasteiger partial charge in [-0.15, -0.1) is 0 Å². The number of halogens is 1. The molecule has 1 rings (SSSR count). The van der Waals surface area contributed by atoms with Crippen molar-refractivity contribution < 1.29 is 4.74 Å². The van der Waals surface area contributed by atoms with E-state index in [1.165, 1.54) is 0 Å². The van der Waals surface area contributed by atoms with Gasteiger partial charge in [-0.05, 0) is 15.9 Å². The molecule has 6 heteroatoms. The Bertz CT molecular complexity index is 292. The van der Waals surface area contributed by atoms with Crippen LogP contribution in [0, 0.1) is 0 Å². The molecule has 1 aromatic rings. The molecule has 1 N–H and O–H groups in total. The van der Waals surface area contributed by atoms with E-state index >= 15 is 0 Å². The molecule has 0 spiro atoms. The Kier molecular flexibility index (Phi) is 3.44. The first-order valence-electron chi connectivity index (χ1n) is 3.64. The summed E-state index contributed by atoms with van der Waals surface area (Å²) in [5.41, 5.74) is 2.92. The minimum Gasteiger partial charge on any atom is -0.480 e. The van der Waals surface area contributed by atoms with Crippen molar-refractivity contribution in [3.8, 4) is 5.88 Å². The van der Waals surface area contributed by atoms with Crippen molar-refractivity contribution in [3.63, 3.8) is 0 Å². The van der Waals surface area contributed by atoms with E-state index < -0.39 is 0 Å². The van der Waals surface area contributed by atoms with Crippen LogP contribution in [0.2, 0.25) is 0 Å². The van der Waals surface area contributed by atoms with Crippen LogP contribution >= 0.6 is 15.9 Å². The average Bonchev–Trinajstić information content (AvgIpc) is 2.07. The zero-order valence-corrected chi connectivity index (χ0v) is 9.29. The van der Waals surface area contributed by atoms with Crippen LogP contribution in [0.25, 0.3) is 0 Å². The van der Waals surface area contributed by atoms with E-state index in [0.717, 1.165) is 4.47 Å². The first kappa shape index (κ1) is 10.2. The van der Waals surface area contributed by atoms with Gasteiger partial charge in [0, 0.05) is 14.1 Å². The molecule has 0 aromatic carbocycles. The number of rotatable bonds is 3. The lowest BCUT2D eigenvalue weighted by Crippen LogP contribution is -2.21. The SMILES string of the molecule is COc1nc(NN(C)C)ncc1Br. The maximum atomic E-state index is 5.01. The lowest BCUT2D eigenvalue weighted by molar-refractivity contribution is 0.392. The van der Waals surface area contributed by atoms with Gasteiger partial charge < -0.3 is 4.74 Å². The van der Waals surface area contributed by atoms with Gasteiger partial charge in [0.2, 0.25) is 11.8 Å². The van der Waals surface area contributed by atoms with Crippen LogP contribution in [0.1, 0.15) is 0 Å². The molecule has 1 heterocycles. The van der Waals surface area contributed by atoms with Crippen molar-refractivity contribution in [2.24, 2.45) is 0 Å². The van der Waals surface area contributed by atoms with Crippen LogP contribution in [0.15, 0.2) is 10.7 Å². The number of methoxy groups -OCH3 is 1. The van der Waals surface area contributed by atoms with E-state index in [1.54, 1.807) is 18.3 Å². The van der Waals surface area contributed by atoms with Gasteiger partial charge in [-0.1, -0.05) is 0 Å². The Morgan fingerprint density at radius 1 is 1.54 bits per heavy atom. The van der Waals surface area contributed by atoms with E-state index in [2.05, 4.69) is 31.3 Å². The van der Waals surface area contributed by atoms with Crippen molar-refractivity contribution in [1.82, 2.24) is 15.0 Å². The van der Waals surface area contributed by atoms with Gasteiger partial charge in [0.25, 0.3) is 0 Å². The molecule has 0 aliphatic carbocycles. The molecule has 5 nitrogen and oxygen atoms in total. The van der Waals surface area contributed by atoms with E-state index in [0.29, 0.717) is 11.8 Å². The highest BCUT2D eigenvalue weighted by molar-refractivity contribution is 9.10. The summed E-state index contributed by atoms with van der Waals surface area (Å²) in [4.78, 5) is 8.13. The van der Waals surface area contributed by atoms with E-state index in [9.17, 15) is 0 Å². The van der Waals surface area contributed by atoms with Gasteiger partial charge in [0.05, 0.1) is 17.8 Å². The molecular formula is C7H11BrN4O. The third-order valence-electron chi connectivity index (χ3n) is 1.23. The summed E-state index contributed by atoms with van der Waals surface area (Å²) >= 11 is 3.27. The fraction of sp³-hybridized carbons (Fsp3) is 0.429. The summed E-state index contributed by atoms with van der Waals surface area (Å²) in [6.45, 7) is 0. The second-order valence-electron chi connectivity index (χ2n) is 2.56. The number of nitrogens with one attached hydrogen (secondary N) is 1. The normalized spacial score (nSPS) is 10.2. The lowest BCUT2D eigenvalue weighted by atomic mass is 10.6. The molecule has 72 valence electrons. The van der Waals surface area contributed by atoms with Gasteiger partial charge in [-0.25, -0.2) is 9.99 Å². The summed E-state index contributed by atoms with van der Waals surface area (Å²) in [6, 6.07) is 0. The molecule has 1 aromatic heterocycles. The number of aromatic nitrogens is 2. The number of anilines is 1. The molecule has 0 aliphatic rings. The van der Waals surface area contributed by atoms with Crippen LogP contribution in [0.3, 0.4) is 0 Å². The Labute approximate surface area is 85.2 Å². The van der Waals surface area contributed by atoms with Gasteiger partial charge in [0.1, 0.15) is 0 Å². The van der Waals surface area contributed by atoms with Gasteiger partial charge in [-0.2, -0.15) is 4.98 Å². The molecule has 0 unspecified atom stereocenters.